The maximum Gasteiger partial charge on any atom is 0.252 e. The second-order valence-electron chi connectivity index (χ2n) is 5.45. The van der Waals surface area contributed by atoms with Crippen molar-refractivity contribution in [3.63, 3.8) is 0 Å². The van der Waals surface area contributed by atoms with Gasteiger partial charge in [0.25, 0.3) is 5.91 Å². The third-order valence-corrected chi connectivity index (χ3v) is 4.10. The first-order chi connectivity index (χ1) is 11.7. The van der Waals surface area contributed by atoms with Crippen LogP contribution in [0, 0.1) is 0 Å². The summed E-state index contributed by atoms with van der Waals surface area (Å²) in [6.45, 7) is 6.67. The molecule has 0 fully saturated rings. The second-order valence-corrected chi connectivity index (χ2v) is 5.45. The molecule has 0 saturated carbocycles. The predicted molar refractivity (Wildman–Crippen MR) is 95.2 cm³/mol. The number of pyridine rings is 1. The maximum absolute atomic E-state index is 12.4. The average molecular weight is 327 g/mol. The minimum absolute atomic E-state index is 0.127. The van der Waals surface area contributed by atoms with Gasteiger partial charge in [0.05, 0.1) is 18.7 Å². The minimum Gasteiger partial charge on any atom is -0.481 e. The molecule has 1 atom stereocenters. The van der Waals surface area contributed by atoms with Gasteiger partial charge in [-0.3, -0.25) is 9.69 Å². The van der Waals surface area contributed by atoms with Gasteiger partial charge in [-0.2, -0.15) is 0 Å². The second kappa shape index (κ2) is 9.03. The number of benzene rings is 1. The monoisotopic (exact) mass is 327 g/mol. The molecule has 5 nitrogen and oxygen atoms in total. The summed E-state index contributed by atoms with van der Waals surface area (Å²) in [4.78, 5) is 18.8. The SMILES string of the molecule is CCN(CC)C(CNC(=O)c1ccc(OC)nc1)c1ccccc1. The maximum atomic E-state index is 12.4. The summed E-state index contributed by atoms with van der Waals surface area (Å²) >= 11 is 0. The van der Waals surface area contributed by atoms with Gasteiger partial charge in [-0.05, 0) is 24.7 Å². The highest BCUT2D eigenvalue weighted by Gasteiger charge is 2.19. The quantitative estimate of drug-likeness (QED) is 0.810. The molecule has 2 rings (SSSR count). The van der Waals surface area contributed by atoms with Crippen LogP contribution in [0.25, 0.3) is 0 Å². The predicted octanol–water partition coefficient (Wildman–Crippen LogP) is 2.90. The molecule has 1 aromatic heterocycles. The number of carbonyl (C=O) groups excluding carboxylic acids is 1. The van der Waals surface area contributed by atoms with Gasteiger partial charge in [0.1, 0.15) is 0 Å². The van der Waals surface area contributed by atoms with Crippen molar-refractivity contribution in [3.05, 3.63) is 59.8 Å². The first kappa shape index (κ1) is 17.9. The average Bonchev–Trinajstić information content (AvgIpc) is 2.65. The van der Waals surface area contributed by atoms with E-state index in [-0.39, 0.29) is 11.9 Å². The van der Waals surface area contributed by atoms with E-state index in [0.29, 0.717) is 18.0 Å². The molecule has 1 unspecified atom stereocenters. The van der Waals surface area contributed by atoms with Crippen LogP contribution in [0.1, 0.15) is 35.8 Å². The first-order valence-corrected chi connectivity index (χ1v) is 8.26. The molecule has 1 N–H and O–H groups in total. The molecule has 0 aliphatic carbocycles. The van der Waals surface area contributed by atoms with E-state index in [1.165, 1.54) is 11.8 Å². The van der Waals surface area contributed by atoms with Gasteiger partial charge < -0.3 is 10.1 Å². The molecule has 24 heavy (non-hydrogen) atoms. The zero-order valence-corrected chi connectivity index (χ0v) is 14.5. The highest BCUT2D eigenvalue weighted by atomic mass is 16.5. The van der Waals surface area contributed by atoms with E-state index in [9.17, 15) is 4.79 Å². The molecule has 0 radical (unpaired) electrons. The normalized spacial score (nSPS) is 12.0. The Morgan fingerprint density at radius 1 is 1.17 bits per heavy atom. The van der Waals surface area contributed by atoms with Crippen molar-refractivity contribution in [1.82, 2.24) is 15.2 Å². The molecule has 0 aliphatic heterocycles. The number of nitrogens with one attached hydrogen (secondary N) is 1. The molecule has 0 spiro atoms. The number of hydrogen-bond acceptors (Lipinski definition) is 4. The van der Waals surface area contributed by atoms with E-state index in [4.69, 9.17) is 4.74 Å². The molecule has 1 aromatic carbocycles. The van der Waals surface area contributed by atoms with Gasteiger partial charge in [0.2, 0.25) is 5.88 Å². The summed E-state index contributed by atoms with van der Waals surface area (Å²) in [6, 6.07) is 13.8. The first-order valence-electron chi connectivity index (χ1n) is 8.26. The Kier molecular flexibility index (Phi) is 6.75. The highest BCUT2D eigenvalue weighted by Crippen LogP contribution is 2.19. The molecule has 5 heteroatoms. The third-order valence-electron chi connectivity index (χ3n) is 4.10. The topological polar surface area (TPSA) is 54.5 Å². The Bertz CT molecular complexity index is 625. The molecule has 2 aromatic rings. The number of aromatic nitrogens is 1. The van der Waals surface area contributed by atoms with Crippen LogP contribution in [-0.4, -0.2) is 42.5 Å². The number of likely N-dealkylation sites (N-methyl/N-ethyl adjacent to an activating group) is 1. The van der Waals surface area contributed by atoms with Crippen LogP contribution >= 0.6 is 0 Å². The number of rotatable bonds is 8. The molecule has 0 bridgehead atoms. The van der Waals surface area contributed by atoms with Crippen molar-refractivity contribution in [3.8, 4) is 5.88 Å². The molecule has 0 aliphatic rings. The van der Waals surface area contributed by atoms with E-state index in [1.807, 2.05) is 18.2 Å². The summed E-state index contributed by atoms with van der Waals surface area (Å²) < 4.78 is 5.02. The van der Waals surface area contributed by atoms with Crippen molar-refractivity contribution in [2.45, 2.75) is 19.9 Å². The Morgan fingerprint density at radius 3 is 2.42 bits per heavy atom. The molecule has 0 saturated heterocycles. The lowest BCUT2D eigenvalue weighted by molar-refractivity contribution is 0.0934. The lowest BCUT2D eigenvalue weighted by Crippen LogP contribution is -2.38. The van der Waals surface area contributed by atoms with Crippen molar-refractivity contribution >= 4 is 5.91 Å². The van der Waals surface area contributed by atoms with Crippen molar-refractivity contribution in [2.75, 3.05) is 26.7 Å². The fraction of sp³-hybridized carbons (Fsp3) is 0.368. The fourth-order valence-corrected chi connectivity index (χ4v) is 2.72. The lowest BCUT2D eigenvalue weighted by Gasteiger charge is -2.30. The largest absolute Gasteiger partial charge is 0.481 e. The molecular weight excluding hydrogens is 302 g/mol. The van der Waals surface area contributed by atoms with Gasteiger partial charge >= 0.3 is 0 Å². The number of methoxy groups -OCH3 is 1. The van der Waals surface area contributed by atoms with E-state index in [0.717, 1.165) is 13.1 Å². The zero-order chi connectivity index (χ0) is 17.4. The fourth-order valence-electron chi connectivity index (χ4n) is 2.72. The summed E-state index contributed by atoms with van der Waals surface area (Å²) in [5.74, 6) is 0.370. The van der Waals surface area contributed by atoms with Crippen LogP contribution in [0.4, 0.5) is 0 Å². The molecule has 1 heterocycles. The summed E-state index contributed by atoms with van der Waals surface area (Å²) in [5.41, 5.74) is 1.73. The van der Waals surface area contributed by atoms with Gasteiger partial charge in [-0.15, -0.1) is 0 Å². The van der Waals surface area contributed by atoms with Crippen molar-refractivity contribution < 1.29 is 9.53 Å². The van der Waals surface area contributed by atoms with Gasteiger partial charge in [-0.1, -0.05) is 44.2 Å². The van der Waals surface area contributed by atoms with E-state index in [1.54, 1.807) is 19.2 Å². The number of nitrogens with zero attached hydrogens (tertiary/aromatic N) is 2. The van der Waals surface area contributed by atoms with Crippen molar-refractivity contribution in [1.29, 1.82) is 0 Å². The van der Waals surface area contributed by atoms with Crippen molar-refractivity contribution in [2.24, 2.45) is 0 Å². The van der Waals surface area contributed by atoms with E-state index in [2.05, 4.69) is 41.2 Å². The van der Waals surface area contributed by atoms with Gasteiger partial charge in [0.15, 0.2) is 0 Å². The van der Waals surface area contributed by atoms with E-state index >= 15 is 0 Å². The Balaban J connectivity index is 2.07. The van der Waals surface area contributed by atoms with Crippen LogP contribution in [-0.2, 0) is 0 Å². The van der Waals surface area contributed by atoms with Crippen LogP contribution < -0.4 is 10.1 Å². The van der Waals surface area contributed by atoms with Crippen LogP contribution in [0.2, 0.25) is 0 Å². The summed E-state index contributed by atoms with van der Waals surface area (Å²) in [5, 5.41) is 3.02. The molecule has 1 amide bonds. The van der Waals surface area contributed by atoms with Gasteiger partial charge in [0, 0.05) is 18.8 Å². The Morgan fingerprint density at radius 2 is 1.88 bits per heavy atom. The van der Waals surface area contributed by atoms with Gasteiger partial charge in [-0.25, -0.2) is 4.98 Å². The highest BCUT2D eigenvalue weighted by molar-refractivity contribution is 5.93. The summed E-state index contributed by atoms with van der Waals surface area (Å²) in [7, 11) is 1.55. The van der Waals surface area contributed by atoms with Crippen LogP contribution in [0.5, 0.6) is 5.88 Å². The number of amides is 1. The molecule has 128 valence electrons. The Hall–Kier alpha value is -2.40. The number of carbonyl (C=O) groups is 1. The minimum atomic E-state index is -0.127. The Labute approximate surface area is 143 Å². The smallest absolute Gasteiger partial charge is 0.252 e. The summed E-state index contributed by atoms with van der Waals surface area (Å²) in [6.07, 6.45) is 1.53. The van der Waals surface area contributed by atoms with Crippen LogP contribution in [0.3, 0.4) is 0 Å². The standard InChI is InChI=1S/C19H25N3O2/c1-4-22(5-2)17(15-9-7-6-8-10-15)14-21-19(23)16-11-12-18(24-3)20-13-16/h6-13,17H,4-5,14H2,1-3H3,(H,21,23). The number of hydrogen-bond donors (Lipinski definition) is 1. The zero-order valence-electron chi connectivity index (χ0n) is 14.5. The lowest BCUT2D eigenvalue weighted by atomic mass is 10.0. The third kappa shape index (κ3) is 4.55. The van der Waals surface area contributed by atoms with E-state index < -0.39 is 0 Å². The molecular formula is C19H25N3O2. The van der Waals surface area contributed by atoms with Crippen LogP contribution in [0.15, 0.2) is 48.7 Å². The number of ether oxygens (including phenoxy) is 1.